The number of carbonyl (C=O) groups excluding carboxylic acids is 3. The number of rotatable bonds is 12. The molecule has 0 unspecified atom stereocenters. The summed E-state index contributed by atoms with van der Waals surface area (Å²) in [5.41, 5.74) is 3.82. The van der Waals surface area contributed by atoms with Crippen LogP contribution >= 0.6 is 0 Å². The second-order valence-corrected chi connectivity index (χ2v) is 11.3. The molecule has 7 nitrogen and oxygen atoms in total. The first kappa shape index (κ1) is 33.3. The van der Waals surface area contributed by atoms with Crippen molar-refractivity contribution in [2.45, 2.75) is 53.6 Å². The predicted octanol–water partition coefficient (Wildman–Crippen LogP) is 6.58. The largest absolute Gasteiger partial charge is 0.471 e. The molecule has 0 aliphatic carbocycles. The number of hydrogen-bond acceptors (Lipinski definition) is 6. The van der Waals surface area contributed by atoms with Crippen molar-refractivity contribution in [1.82, 2.24) is 4.90 Å². The average molecular weight is 600 g/mol. The number of esters is 2. The van der Waals surface area contributed by atoms with Gasteiger partial charge in [0.05, 0.1) is 31.5 Å². The van der Waals surface area contributed by atoms with E-state index in [9.17, 15) is 27.6 Å². The number of hydrogen-bond donors (Lipinski definition) is 0. The molecule has 230 valence electrons. The van der Waals surface area contributed by atoms with Gasteiger partial charge in [0.1, 0.15) is 6.61 Å². The van der Waals surface area contributed by atoms with E-state index >= 15 is 0 Å². The molecule has 1 amide bonds. The van der Waals surface area contributed by atoms with Crippen LogP contribution in [0.15, 0.2) is 66.7 Å². The number of amides is 1. The summed E-state index contributed by atoms with van der Waals surface area (Å²) in [5, 5.41) is 0. The smallest absolute Gasteiger partial charge is 0.465 e. The van der Waals surface area contributed by atoms with E-state index in [4.69, 9.17) is 9.47 Å². The van der Waals surface area contributed by atoms with Gasteiger partial charge < -0.3 is 19.1 Å². The molecule has 0 spiro atoms. The first-order valence-electron chi connectivity index (χ1n) is 13.6. The fourth-order valence-corrected chi connectivity index (χ4v) is 4.53. The summed E-state index contributed by atoms with van der Waals surface area (Å²) < 4.78 is 56.3. The molecule has 3 rings (SSSR count). The topological polar surface area (TPSA) is 82.1 Å². The fourth-order valence-electron chi connectivity index (χ4n) is 4.53. The molecule has 0 bridgehead atoms. The minimum atomic E-state index is -5.04. The van der Waals surface area contributed by atoms with Crippen molar-refractivity contribution in [2.24, 2.45) is 5.41 Å². The SMILES string of the molecule is COC(=O)c1ccc(COCC(C)(C)CN(Cc2ccc(COC(=O)c3cc(C)cc(C)c3)cc2)C(=O)C(F)(F)F)cc1. The molecule has 10 heteroatoms. The van der Waals surface area contributed by atoms with E-state index in [1.165, 1.54) is 7.11 Å². The van der Waals surface area contributed by atoms with Gasteiger partial charge in [0.15, 0.2) is 0 Å². The molecule has 3 aromatic rings. The lowest BCUT2D eigenvalue weighted by atomic mass is 9.93. The summed E-state index contributed by atoms with van der Waals surface area (Å²) in [6.07, 6.45) is -5.04. The molecule has 0 saturated carbocycles. The maximum absolute atomic E-state index is 13.5. The van der Waals surface area contributed by atoms with Crippen LogP contribution in [-0.2, 0) is 38.8 Å². The normalized spacial score (nSPS) is 11.6. The third-order valence-corrected chi connectivity index (χ3v) is 6.51. The number of ether oxygens (including phenoxy) is 3. The molecule has 3 aromatic carbocycles. The Morgan fingerprint density at radius 2 is 1.28 bits per heavy atom. The van der Waals surface area contributed by atoms with Crippen molar-refractivity contribution in [2.75, 3.05) is 20.3 Å². The van der Waals surface area contributed by atoms with E-state index in [0.717, 1.165) is 21.6 Å². The minimum Gasteiger partial charge on any atom is -0.465 e. The number of nitrogens with zero attached hydrogens (tertiary/aromatic N) is 1. The Bertz CT molecular complexity index is 1400. The predicted molar refractivity (Wildman–Crippen MR) is 154 cm³/mol. The molecule has 0 fully saturated rings. The van der Waals surface area contributed by atoms with Crippen molar-refractivity contribution in [3.63, 3.8) is 0 Å². The molecule has 0 N–H and O–H groups in total. The molecular formula is C33H36F3NO6. The van der Waals surface area contributed by atoms with Gasteiger partial charge in [0.2, 0.25) is 0 Å². The van der Waals surface area contributed by atoms with Crippen LogP contribution in [0.5, 0.6) is 0 Å². The van der Waals surface area contributed by atoms with Gasteiger partial charge in [-0.3, -0.25) is 4.79 Å². The Hall–Kier alpha value is -4.18. The van der Waals surface area contributed by atoms with Crippen LogP contribution in [0.3, 0.4) is 0 Å². The van der Waals surface area contributed by atoms with Crippen LogP contribution in [0.25, 0.3) is 0 Å². The van der Waals surface area contributed by atoms with Gasteiger partial charge >= 0.3 is 24.0 Å². The number of methoxy groups -OCH3 is 1. The summed E-state index contributed by atoms with van der Waals surface area (Å²) in [4.78, 5) is 37.1. The molecule has 0 aromatic heterocycles. The van der Waals surface area contributed by atoms with Crippen LogP contribution < -0.4 is 0 Å². The van der Waals surface area contributed by atoms with E-state index in [1.54, 1.807) is 74.5 Å². The van der Waals surface area contributed by atoms with E-state index in [0.29, 0.717) is 22.3 Å². The highest BCUT2D eigenvalue weighted by atomic mass is 19.4. The summed E-state index contributed by atoms with van der Waals surface area (Å²) in [6, 6.07) is 18.5. The minimum absolute atomic E-state index is 0.00686. The van der Waals surface area contributed by atoms with Crippen LogP contribution in [0, 0.1) is 19.3 Å². The second kappa shape index (κ2) is 14.3. The third kappa shape index (κ3) is 10.2. The number of carbonyl (C=O) groups is 3. The van der Waals surface area contributed by atoms with Crippen molar-refractivity contribution in [3.05, 3.63) is 106 Å². The molecule has 0 aliphatic rings. The maximum Gasteiger partial charge on any atom is 0.471 e. The Balaban J connectivity index is 1.60. The maximum atomic E-state index is 13.5. The van der Waals surface area contributed by atoms with Crippen LogP contribution in [0.2, 0.25) is 0 Å². The van der Waals surface area contributed by atoms with Gasteiger partial charge in [-0.25, -0.2) is 9.59 Å². The Morgan fingerprint density at radius 3 is 1.84 bits per heavy atom. The van der Waals surface area contributed by atoms with Gasteiger partial charge in [-0.2, -0.15) is 13.2 Å². The number of aryl methyl sites for hydroxylation is 2. The number of benzene rings is 3. The lowest BCUT2D eigenvalue weighted by molar-refractivity contribution is -0.188. The highest BCUT2D eigenvalue weighted by Crippen LogP contribution is 2.26. The van der Waals surface area contributed by atoms with Gasteiger partial charge in [-0.15, -0.1) is 0 Å². The summed E-state index contributed by atoms with van der Waals surface area (Å²) in [6.45, 7) is 6.99. The average Bonchev–Trinajstić information content (AvgIpc) is 2.94. The van der Waals surface area contributed by atoms with Crippen molar-refractivity contribution >= 4 is 17.8 Å². The fraction of sp³-hybridized carbons (Fsp3) is 0.364. The van der Waals surface area contributed by atoms with E-state index in [1.807, 2.05) is 19.9 Å². The first-order valence-corrected chi connectivity index (χ1v) is 13.6. The molecular weight excluding hydrogens is 563 g/mol. The highest BCUT2D eigenvalue weighted by Gasteiger charge is 2.43. The summed E-state index contributed by atoms with van der Waals surface area (Å²) in [5.74, 6) is -2.87. The third-order valence-electron chi connectivity index (χ3n) is 6.51. The van der Waals surface area contributed by atoms with E-state index in [-0.39, 0.29) is 32.9 Å². The lowest BCUT2D eigenvalue weighted by Gasteiger charge is -2.33. The quantitative estimate of drug-likeness (QED) is 0.219. The zero-order chi connectivity index (χ0) is 31.8. The number of halogens is 3. The molecule has 43 heavy (non-hydrogen) atoms. The highest BCUT2D eigenvalue weighted by molar-refractivity contribution is 5.90. The molecule has 0 saturated heterocycles. The van der Waals surface area contributed by atoms with Crippen LogP contribution in [0.4, 0.5) is 13.2 Å². The van der Waals surface area contributed by atoms with Gasteiger partial charge in [0, 0.05) is 18.5 Å². The van der Waals surface area contributed by atoms with E-state index in [2.05, 4.69) is 4.74 Å². The number of alkyl halides is 3. The zero-order valence-electron chi connectivity index (χ0n) is 24.9. The Labute approximate surface area is 249 Å². The molecule has 0 atom stereocenters. The lowest BCUT2D eigenvalue weighted by Crippen LogP contribution is -2.46. The van der Waals surface area contributed by atoms with Crippen molar-refractivity contribution in [1.29, 1.82) is 0 Å². The monoisotopic (exact) mass is 599 g/mol. The zero-order valence-corrected chi connectivity index (χ0v) is 24.9. The second-order valence-electron chi connectivity index (χ2n) is 11.3. The van der Waals surface area contributed by atoms with Gasteiger partial charge in [-0.1, -0.05) is 67.4 Å². The van der Waals surface area contributed by atoms with E-state index < -0.39 is 29.4 Å². The van der Waals surface area contributed by atoms with Crippen molar-refractivity contribution in [3.8, 4) is 0 Å². The molecule has 0 aliphatic heterocycles. The summed E-state index contributed by atoms with van der Waals surface area (Å²) in [7, 11) is 1.29. The van der Waals surface area contributed by atoms with Crippen molar-refractivity contribution < 1.29 is 41.8 Å². The Morgan fingerprint density at radius 1 is 0.744 bits per heavy atom. The summed E-state index contributed by atoms with van der Waals surface area (Å²) >= 11 is 0. The van der Waals surface area contributed by atoms with Crippen LogP contribution in [-0.4, -0.2) is 49.2 Å². The van der Waals surface area contributed by atoms with Crippen LogP contribution in [0.1, 0.15) is 62.4 Å². The van der Waals surface area contributed by atoms with Gasteiger partial charge in [-0.05, 0) is 54.8 Å². The molecule has 0 heterocycles. The molecule has 0 radical (unpaired) electrons. The van der Waals surface area contributed by atoms with Gasteiger partial charge in [0.25, 0.3) is 0 Å². The Kier molecular flexibility index (Phi) is 11.1. The standard InChI is InChI=1S/C33H36F3NO6/c1-22-14-23(2)16-28(15-22)30(39)43-19-26-8-6-24(7-9-26)17-37(31(40)33(34,35)36)20-32(3,4)21-42-18-25-10-12-27(13-11-25)29(38)41-5/h6-16H,17-21H2,1-5H3. The first-order chi connectivity index (χ1) is 20.2.